The largest absolute Gasteiger partial charge is 2.00 e. The third-order valence-corrected chi connectivity index (χ3v) is 2.89. The minimum Gasteiger partial charge on any atom is -0.872 e. The molecule has 0 heterocycles. The topological polar surface area (TPSA) is 117 Å². The average molecular weight is 431 g/mol. The number of carbonyl (C=O) groups is 2. The van der Waals surface area contributed by atoms with Crippen molar-refractivity contribution in [1.29, 1.82) is 5.26 Å². The fourth-order valence-corrected chi connectivity index (χ4v) is 1.77. The number of thiocyanates is 1. The molecule has 0 fully saturated rings. The molecule has 7 nitrogen and oxygen atoms in total. The van der Waals surface area contributed by atoms with Gasteiger partial charge in [0.05, 0.1) is 0 Å². The number of nitrogens with one attached hydrogen (secondary N) is 3. The third kappa shape index (κ3) is 7.91. The molecular weight excluding hydrogens is 419 g/mol. The van der Waals surface area contributed by atoms with Crippen LogP contribution in [0.1, 0.15) is 20.7 Å². The van der Waals surface area contributed by atoms with Gasteiger partial charge in [-0.3, -0.25) is 25.8 Å². The Hall–Kier alpha value is -2.71. The quantitative estimate of drug-likeness (QED) is 0.278. The Bertz CT molecular complexity index is 798. The molecule has 0 atom stereocenters. The van der Waals surface area contributed by atoms with Gasteiger partial charge in [0.15, 0.2) is 5.11 Å². The number of amides is 2. The van der Waals surface area contributed by atoms with Crippen LogP contribution in [0.5, 0.6) is 5.75 Å². The van der Waals surface area contributed by atoms with Gasteiger partial charge >= 0.3 is 16.8 Å². The van der Waals surface area contributed by atoms with Crippen molar-refractivity contribution in [3.8, 4) is 11.2 Å². The molecule has 0 aliphatic carbocycles. The molecule has 0 saturated carbocycles. The van der Waals surface area contributed by atoms with Crippen LogP contribution in [0.15, 0.2) is 54.6 Å². The summed E-state index contributed by atoms with van der Waals surface area (Å²) in [5.41, 5.74) is 5.03. The zero-order valence-corrected chi connectivity index (χ0v) is 15.7. The summed E-state index contributed by atoms with van der Waals surface area (Å²) in [4.78, 5) is 23.6. The molecule has 3 N–H and O–H groups in total. The Kier molecular flexibility index (Phi) is 11.3. The van der Waals surface area contributed by atoms with E-state index in [0.717, 1.165) is 0 Å². The molecule has 0 aliphatic rings. The average Bonchev–Trinajstić information content (AvgIpc) is 2.61. The fourth-order valence-electron chi connectivity index (χ4n) is 1.63. The first-order chi connectivity index (χ1) is 12.0. The van der Waals surface area contributed by atoms with Crippen molar-refractivity contribution in [2.45, 2.75) is 0 Å². The van der Waals surface area contributed by atoms with Gasteiger partial charge in [-0.05, 0) is 24.4 Å². The van der Waals surface area contributed by atoms with E-state index in [4.69, 9.17) is 17.5 Å². The zero-order chi connectivity index (χ0) is 18.7. The van der Waals surface area contributed by atoms with Gasteiger partial charge < -0.3 is 17.7 Å². The number of carbonyl (C=O) groups excluding carboxylic acids is 2. The maximum Gasteiger partial charge on any atom is 2.00 e. The molecule has 26 heavy (non-hydrogen) atoms. The van der Waals surface area contributed by atoms with E-state index in [9.17, 15) is 14.7 Å². The minimum atomic E-state index is -0.637. The van der Waals surface area contributed by atoms with E-state index in [-0.39, 0.29) is 27.5 Å². The number of rotatable bonds is 2. The smallest absolute Gasteiger partial charge is 0.872 e. The molecule has 10 heteroatoms. The number of benzene rings is 2. The molecule has 2 aromatic rings. The number of hydrogen-bond donors (Lipinski definition) is 3. The van der Waals surface area contributed by atoms with Crippen molar-refractivity contribution < 1.29 is 31.5 Å². The summed E-state index contributed by atoms with van der Waals surface area (Å²) in [7, 11) is 0. The number of nitriles is 1. The van der Waals surface area contributed by atoms with Crippen LogP contribution in [0.3, 0.4) is 0 Å². The van der Waals surface area contributed by atoms with E-state index in [0.29, 0.717) is 5.56 Å². The van der Waals surface area contributed by atoms with Crippen LogP contribution in [0.25, 0.3) is 0 Å². The molecular formula is C16H12CoN4O3S2. The number of nitrogens with zero attached hydrogens (tertiary/aromatic N) is 1. The van der Waals surface area contributed by atoms with Crippen molar-refractivity contribution >= 4 is 41.8 Å². The summed E-state index contributed by atoms with van der Waals surface area (Å²) in [6.07, 6.45) is 0. The van der Waals surface area contributed by atoms with Crippen LogP contribution in [0.4, 0.5) is 0 Å². The summed E-state index contributed by atoms with van der Waals surface area (Å²) in [6, 6.07) is 14.3. The van der Waals surface area contributed by atoms with E-state index >= 15 is 0 Å². The molecule has 2 rings (SSSR count). The van der Waals surface area contributed by atoms with Gasteiger partial charge in [0.1, 0.15) is 0 Å². The molecule has 0 spiro atoms. The first-order valence-electron chi connectivity index (χ1n) is 6.73. The second-order valence-electron chi connectivity index (χ2n) is 4.32. The van der Waals surface area contributed by atoms with Crippen LogP contribution >= 0.6 is 12.2 Å². The second-order valence-corrected chi connectivity index (χ2v) is 4.91. The Morgan fingerprint density at radius 1 is 1.00 bits per heavy atom. The Labute approximate surface area is 171 Å². The van der Waals surface area contributed by atoms with Gasteiger partial charge in [-0.25, -0.2) is 5.26 Å². The first kappa shape index (κ1) is 23.3. The predicted molar refractivity (Wildman–Crippen MR) is 96.0 cm³/mol. The SMILES string of the molecule is N#C[S-].O=C(NC(=S)NNC(=O)c1ccccc1[O-])c1ccccc1.[Co+2]. The maximum absolute atomic E-state index is 11.8. The van der Waals surface area contributed by atoms with Gasteiger partial charge in [-0.2, -0.15) is 0 Å². The van der Waals surface area contributed by atoms with Gasteiger partial charge in [0, 0.05) is 11.1 Å². The van der Waals surface area contributed by atoms with Crippen LogP contribution in [0.2, 0.25) is 0 Å². The van der Waals surface area contributed by atoms with Crippen LogP contribution in [-0.2, 0) is 29.4 Å². The van der Waals surface area contributed by atoms with E-state index < -0.39 is 17.6 Å². The maximum atomic E-state index is 11.8. The molecule has 0 aliphatic heterocycles. The van der Waals surface area contributed by atoms with Gasteiger partial charge in [-0.15, -0.1) is 0 Å². The first-order valence-corrected chi connectivity index (χ1v) is 7.55. The summed E-state index contributed by atoms with van der Waals surface area (Å²) in [6.45, 7) is 0. The van der Waals surface area contributed by atoms with Crippen LogP contribution in [0, 0.1) is 10.7 Å². The molecule has 1 radical (unpaired) electrons. The Balaban J connectivity index is 0.00000146. The summed E-state index contributed by atoms with van der Waals surface area (Å²) >= 11 is 8.59. The Morgan fingerprint density at radius 3 is 2.12 bits per heavy atom. The van der Waals surface area contributed by atoms with Gasteiger partial charge in [0.25, 0.3) is 11.8 Å². The summed E-state index contributed by atoms with van der Waals surface area (Å²) < 4.78 is 0. The van der Waals surface area contributed by atoms with E-state index in [1.807, 2.05) is 0 Å². The number of para-hydroxylation sites is 1. The number of hydrazine groups is 1. The monoisotopic (exact) mass is 431 g/mol. The van der Waals surface area contributed by atoms with E-state index in [1.165, 1.54) is 23.6 Å². The predicted octanol–water partition coefficient (Wildman–Crippen LogP) is 0.721. The molecule has 0 saturated heterocycles. The minimum absolute atomic E-state index is 0. The van der Waals surface area contributed by atoms with Crippen LogP contribution < -0.4 is 21.3 Å². The van der Waals surface area contributed by atoms with Gasteiger partial charge in [0.2, 0.25) is 0 Å². The molecule has 2 aromatic carbocycles. The van der Waals surface area contributed by atoms with Crippen molar-refractivity contribution in [3.63, 3.8) is 0 Å². The standard InChI is InChI=1S/C15H13N3O3S.CHNS.Co/c19-12-9-5-4-8-11(12)14(21)17-18-15(22)16-13(20)10-6-2-1-3-7-10;2-1-3;/h1-9,19H,(H,17,21)(H2,16,18,20,22);3H;/q;;+2/p-2. The van der Waals surface area contributed by atoms with Crippen LogP contribution in [-0.4, -0.2) is 16.9 Å². The summed E-state index contributed by atoms with van der Waals surface area (Å²) in [5, 5.41) is 22.3. The molecule has 0 unspecified atom stereocenters. The summed E-state index contributed by atoms with van der Waals surface area (Å²) in [5.74, 6) is -1.44. The van der Waals surface area contributed by atoms with E-state index in [1.54, 1.807) is 36.4 Å². The molecule has 135 valence electrons. The Morgan fingerprint density at radius 2 is 1.54 bits per heavy atom. The third-order valence-electron chi connectivity index (χ3n) is 2.68. The molecule has 2 amide bonds. The van der Waals surface area contributed by atoms with Gasteiger partial charge in [-0.1, -0.05) is 53.6 Å². The molecule has 0 aromatic heterocycles. The normalized spacial score (nSPS) is 8.42. The van der Waals surface area contributed by atoms with Crippen molar-refractivity contribution in [2.75, 3.05) is 0 Å². The molecule has 0 bridgehead atoms. The number of thiocarbonyl (C=S) groups is 1. The zero-order valence-electron chi connectivity index (χ0n) is 13.0. The fraction of sp³-hybridized carbons (Fsp3) is 0. The van der Waals surface area contributed by atoms with E-state index in [2.05, 4.69) is 28.8 Å². The van der Waals surface area contributed by atoms with Crippen molar-refractivity contribution in [1.82, 2.24) is 16.2 Å². The second kappa shape index (κ2) is 12.6. The van der Waals surface area contributed by atoms with Crippen molar-refractivity contribution in [2.24, 2.45) is 0 Å². The van der Waals surface area contributed by atoms with Crippen molar-refractivity contribution in [3.05, 3.63) is 65.7 Å². The number of hydrogen-bond acceptors (Lipinski definition) is 6.